The van der Waals surface area contributed by atoms with Crippen molar-refractivity contribution in [3.05, 3.63) is 142 Å². The van der Waals surface area contributed by atoms with E-state index < -0.39 is 11.9 Å². The van der Waals surface area contributed by atoms with Gasteiger partial charge >= 0.3 is 11.9 Å². The van der Waals surface area contributed by atoms with Crippen LogP contribution in [0.5, 0.6) is 0 Å². The Morgan fingerprint density at radius 1 is 0.711 bits per heavy atom. The predicted molar refractivity (Wildman–Crippen MR) is 186 cm³/mol. The van der Waals surface area contributed by atoms with E-state index in [1.807, 2.05) is 36.4 Å². The van der Waals surface area contributed by atoms with Gasteiger partial charge in [0.05, 0.1) is 33.9 Å². The van der Waals surface area contributed by atoms with Crippen LogP contribution < -0.4 is 10.6 Å². The zero-order chi connectivity index (χ0) is 31.5. The van der Waals surface area contributed by atoms with Gasteiger partial charge in [0.2, 0.25) is 0 Å². The molecule has 0 atom stereocenters. The number of benzene rings is 4. The molecule has 4 aromatic carbocycles. The van der Waals surface area contributed by atoms with Crippen molar-refractivity contribution in [3.63, 3.8) is 0 Å². The lowest BCUT2D eigenvalue weighted by Crippen LogP contribution is -2.11. The molecule has 8 nitrogen and oxygen atoms in total. The van der Waals surface area contributed by atoms with Gasteiger partial charge in [0.25, 0.3) is 0 Å². The normalized spacial score (nSPS) is 11.9. The SMILES string of the molecule is N/C(=C\C(=C/I)C(=O)O)c1cc(C(=O)O)cc(-c2cc(N(c3ccc4ccccc4c3)c3ccc4ccccc4c3)ccn2)n1. The molecule has 0 aliphatic heterocycles. The minimum atomic E-state index is -1.18. The fourth-order valence-corrected chi connectivity index (χ4v) is 5.54. The van der Waals surface area contributed by atoms with Crippen LogP contribution in [0.4, 0.5) is 17.1 Å². The van der Waals surface area contributed by atoms with Crippen LogP contribution in [-0.2, 0) is 4.79 Å². The number of hydrogen-bond acceptors (Lipinski definition) is 6. The van der Waals surface area contributed by atoms with Gasteiger partial charge in [-0.15, -0.1) is 0 Å². The zero-order valence-corrected chi connectivity index (χ0v) is 25.8. The first-order chi connectivity index (χ1) is 21.8. The minimum absolute atomic E-state index is 0.00905. The van der Waals surface area contributed by atoms with Crippen LogP contribution in [0.3, 0.4) is 0 Å². The van der Waals surface area contributed by atoms with Crippen LogP contribution in [0.1, 0.15) is 16.1 Å². The monoisotopic (exact) mass is 704 g/mol. The number of carboxylic acids is 2. The van der Waals surface area contributed by atoms with E-state index in [4.69, 9.17) is 5.73 Å². The second-order valence-corrected chi connectivity index (χ2v) is 10.8. The van der Waals surface area contributed by atoms with Crippen molar-refractivity contribution in [3.8, 4) is 11.4 Å². The van der Waals surface area contributed by atoms with Gasteiger partial charge in [0.1, 0.15) is 0 Å². The summed E-state index contributed by atoms with van der Waals surface area (Å²) in [7, 11) is 0. The Balaban J connectivity index is 1.51. The summed E-state index contributed by atoms with van der Waals surface area (Å²) in [4.78, 5) is 34.9. The summed E-state index contributed by atoms with van der Waals surface area (Å²) in [5, 5.41) is 23.7. The Kier molecular flexibility index (Phi) is 8.26. The van der Waals surface area contributed by atoms with Crippen molar-refractivity contribution < 1.29 is 19.8 Å². The molecule has 45 heavy (non-hydrogen) atoms. The summed E-state index contributed by atoms with van der Waals surface area (Å²) < 4.78 is 1.37. The Bertz CT molecular complexity index is 2100. The molecule has 0 aliphatic rings. The van der Waals surface area contributed by atoms with Gasteiger partial charge in [-0.3, -0.25) is 4.98 Å². The fourth-order valence-electron chi connectivity index (χ4n) is 5.09. The zero-order valence-electron chi connectivity index (χ0n) is 23.6. The highest BCUT2D eigenvalue weighted by Crippen LogP contribution is 2.38. The first-order valence-corrected chi connectivity index (χ1v) is 15.1. The van der Waals surface area contributed by atoms with Crippen LogP contribution in [-0.4, -0.2) is 32.1 Å². The number of aromatic nitrogens is 2. The van der Waals surface area contributed by atoms with Gasteiger partial charge in [-0.2, -0.15) is 0 Å². The number of halogens is 1. The third-order valence-corrected chi connectivity index (χ3v) is 7.96. The minimum Gasteiger partial charge on any atom is -0.478 e. The second-order valence-electron chi connectivity index (χ2n) is 10.2. The summed E-state index contributed by atoms with van der Waals surface area (Å²) in [5.41, 5.74) is 9.54. The number of aromatic carboxylic acids is 1. The van der Waals surface area contributed by atoms with E-state index >= 15 is 0 Å². The molecule has 6 aromatic rings. The summed E-state index contributed by atoms with van der Waals surface area (Å²) in [6.07, 6.45) is 2.90. The second kappa shape index (κ2) is 12.6. The van der Waals surface area contributed by atoms with Crippen LogP contribution in [0.15, 0.2) is 131 Å². The average Bonchev–Trinajstić information content (AvgIpc) is 3.07. The molecule has 2 heterocycles. The number of pyridine rings is 2. The molecule has 220 valence electrons. The predicted octanol–water partition coefficient (Wildman–Crippen LogP) is 8.32. The highest BCUT2D eigenvalue weighted by Gasteiger charge is 2.18. The first kappa shape index (κ1) is 29.5. The maximum atomic E-state index is 12.1. The molecule has 0 saturated heterocycles. The van der Waals surface area contributed by atoms with Crippen LogP contribution >= 0.6 is 22.6 Å². The van der Waals surface area contributed by atoms with E-state index in [0.29, 0.717) is 5.69 Å². The number of hydrogen-bond donors (Lipinski definition) is 3. The van der Waals surface area contributed by atoms with Crippen molar-refractivity contribution >= 4 is 78.8 Å². The average molecular weight is 705 g/mol. The largest absolute Gasteiger partial charge is 0.478 e. The molecular weight excluding hydrogens is 679 g/mol. The maximum absolute atomic E-state index is 12.1. The van der Waals surface area contributed by atoms with Crippen molar-refractivity contribution in [1.82, 2.24) is 9.97 Å². The Labute approximate surface area is 271 Å². The molecule has 0 amide bonds. The summed E-state index contributed by atoms with van der Waals surface area (Å²) >= 11 is 1.81. The molecule has 9 heteroatoms. The topological polar surface area (TPSA) is 130 Å². The molecule has 0 fully saturated rings. The highest BCUT2D eigenvalue weighted by molar-refractivity contribution is 14.1. The van der Waals surface area contributed by atoms with Gasteiger partial charge in [0, 0.05) is 23.3 Å². The van der Waals surface area contributed by atoms with Crippen molar-refractivity contribution in [2.24, 2.45) is 5.73 Å². The molecule has 0 unspecified atom stereocenters. The smallest absolute Gasteiger partial charge is 0.336 e. The molecule has 0 aliphatic carbocycles. The lowest BCUT2D eigenvalue weighted by Gasteiger charge is -2.26. The molecule has 0 spiro atoms. The molecule has 0 radical (unpaired) electrons. The summed E-state index contributed by atoms with van der Waals surface area (Å²) in [6, 6.07) is 35.3. The molecule has 6 rings (SSSR count). The quantitative estimate of drug-likeness (QED) is 0.0820. The molecular formula is C36H25IN4O4. The van der Waals surface area contributed by atoms with Gasteiger partial charge in [0.15, 0.2) is 0 Å². The number of carboxylic acid groups (broad SMARTS) is 2. The van der Waals surface area contributed by atoms with Crippen molar-refractivity contribution in [1.29, 1.82) is 0 Å². The number of nitrogens with zero attached hydrogens (tertiary/aromatic N) is 3. The Hall–Kier alpha value is -5.55. The van der Waals surface area contributed by atoms with E-state index in [1.165, 1.54) is 22.3 Å². The third-order valence-electron chi connectivity index (χ3n) is 7.29. The van der Waals surface area contributed by atoms with E-state index in [2.05, 4.69) is 75.5 Å². The summed E-state index contributed by atoms with van der Waals surface area (Å²) in [5.74, 6) is -2.35. The van der Waals surface area contributed by atoms with E-state index in [9.17, 15) is 19.8 Å². The number of rotatable bonds is 8. The van der Waals surface area contributed by atoms with E-state index in [1.54, 1.807) is 28.8 Å². The number of aliphatic carboxylic acids is 1. The lowest BCUT2D eigenvalue weighted by molar-refractivity contribution is -0.132. The van der Waals surface area contributed by atoms with E-state index in [0.717, 1.165) is 38.6 Å². The number of carbonyl (C=O) groups is 2. The fraction of sp³-hybridized carbons (Fsp3) is 0. The highest BCUT2D eigenvalue weighted by atomic mass is 127. The molecule has 2 aromatic heterocycles. The number of nitrogens with two attached hydrogens (primary N) is 1. The summed E-state index contributed by atoms with van der Waals surface area (Å²) in [6.45, 7) is 0. The Morgan fingerprint density at radius 2 is 1.29 bits per heavy atom. The van der Waals surface area contributed by atoms with Crippen LogP contribution in [0, 0.1) is 0 Å². The number of fused-ring (bicyclic) bond motifs is 2. The van der Waals surface area contributed by atoms with Crippen molar-refractivity contribution in [2.75, 3.05) is 4.90 Å². The standard InChI is InChI=1S/C36H25IN4O4/c37-21-27(36(44)45)17-31(38)32-18-26(35(42)43)19-34(40-32)33-20-30(13-14-39-33)41(28-11-9-22-5-1-3-7-24(22)15-28)29-12-10-23-6-2-4-8-25(23)16-29/h1-21H,38H2,(H,42,43)(H,44,45)/b27-21+,31-17-. The third kappa shape index (κ3) is 6.24. The van der Waals surface area contributed by atoms with Gasteiger partial charge in [-0.25, -0.2) is 14.6 Å². The van der Waals surface area contributed by atoms with Crippen LogP contribution in [0.2, 0.25) is 0 Å². The van der Waals surface area contributed by atoms with Crippen molar-refractivity contribution in [2.45, 2.75) is 0 Å². The molecule has 4 N–H and O–H groups in total. The lowest BCUT2D eigenvalue weighted by atomic mass is 10.1. The Morgan fingerprint density at radius 3 is 1.84 bits per heavy atom. The van der Waals surface area contributed by atoms with Crippen LogP contribution in [0.25, 0.3) is 38.6 Å². The van der Waals surface area contributed by atoms with Gasteiger partial charge in [-0.05, 0) is 80.2 Å². The van der Waals surface area contributed by atoms with Gasteiger partial charge in [-0.1, -0.05) is 83.3 Å². The maximum Gasteiger partial charge on any atom is 0.336 e. The van der Waals surface area contributed by atoms with E-state index in [-0.39, 0.29) is 28.2 Å². The molecule has 0 bridgehead atoms. The van der Waals surface area contributed by atoms with Gasteiger partial charge < -0.3 is 20.8 Å². The number of anilines is 3. The first-order valence-electron chi connectivity index (χ1n) is 13.8. The molecule has 0 saturated carbocycles.